The van der Waals surface area contributed by atoms with Gasteiger partial charge in [0.25, 0.3) is 0 Å². The first kappa shape index (κ1) is 17.6. The van der Waals surface area contributed by atoms with Crippen LogP contribution in [0.4, 0.5) is 11.1 Å². The quantitative estimate of drug-likeness (QED) is 0.666. The lowest BCUT2D eigenvalue weighted by atomic mass is 10.2. The minimum atomic E-state index is 0.223. The fraction of sp³-hybridized carbons (Fsp3) is 0.400. The summed E-state index contributed by atoms with van der Waals surface area (Å²) in [4.78, 5) is 15.3. The molecule has 0 bridgehead atoms. The predicted molar refractivity (Wildman–Crippen MR) is 98.3 cm³/mol. The Morgan fingerprint density at radius 3 is 2.76 bits per heavy atom. The minimum absolute atomic E-state index is 0.223. The van der Waals surface area contributed by atoms with Crippen molar-refractivity contribution in [1.29, 1.82) is 0 Å². The third-order valence-electron chi connectivity index (χ3n) is 3.12. The van der Waals surface area contributed by atoms with Gasteiger partial charge in [-0.15, -0.1) is 10.2 Å². The summed E-state index contributed by atoms with van der Waals surface area (Å²) >= 11 is 2.84. The number of furan rings is 1. The molecule has 1 N–H and O–H groups in total. The number of anilines is 2. The van der Waals surface area contributed by atoms with E-state index in [-0.39, 0.29) is 5.92 Å². The zero-order chi connectivity index (χ0) is 17.8. The van der Waals surface area contributed by atoms with Crippen molar-refractivity contribution in [3.05, 3.63) is 30.0 Å². The maximum absolute atomic E-state index is 5.29. The Hall–Kier alpha value is -2.20. The van der Waals surface area contributed by atoms with E-state index in [1.807, 2.05) is 31.1 Å². The third kappa shape index (κ3) is 4.67. The molecule has 0 aliphatic heterocycles. The van der Waals surface area contributed by atoms with Crippen molar-refractivity contribution in [1.82, 2.24) is 25.1 Å². The van der Waals surface area contributed by atoms with Gasteiger partial charge in [-0.3, -0.25) is 0 Å². The molecule has 3 heterocycles. The molecule has 3 aromatic rings. The normalized spacial score (nSPS) is 11.1. The molecule has 0 atom stereocenters. The summed E-state index contributed by atoms with van der Waals surface area (Å²) in [7, 11) is 3.82. The van der Waals surface area contributed by atoms with Gasteiger partial charge in [-0.05, 0) is 23.9 Å². The molecular formula is C15H19N7OS2. The number of rotatable bonds is 7. The first-order valence-electron chi connectivity index (χ1n) is 7.72. The first-order valence-corrected chi connectivity index (χ1v) is 9.35. The Kier molecular flexibility index (Phi) is 5.49. The number of nitrogens with one attached hydrogen (secondary N) is 1. The van der Waals surface area contributed by atoms with Gasteiger partial charge in [0.05, 0.1) is 12.8 Å². The summed E-state index contributed by atoms with van der Waals surface area (Å²) < 4.78 is 6.06. The molecule has 25 heavy (non-hydrogen) atoms. The maximum atomic E-state index is 5.29. The summed E-state index contributed by atoms with van der Waals surface area (Å²) in [6.07, 6.45) is 1.65. The lowest BCUT2D eigenvalue weighted by Gasteiger charge is -2.13. The Bertz CT molecular complexity index is 791. The Morgan fingerprint density at radius 1 is 1.24 bits per heavy atom. The van der Waals surface area contributed by atoms with Gasteiger partial charge in [0, 0.05) is 20.0 Å². The number of hydrogen-bond acceptors (Lipinski definition) is 10. The number of hydrogen-bond donors (Lipinski definition) is 1. The zero-order valence-electron chi connectivity index (χ0n) is 14.4. The Morgan fingerprint density at radius 2 is 2.08 bits per heavy atom. The van der Waals surface area contributed by atoms with Crippen LogP contribution in [0.15, 0.2) is 32.3 Å². The van der Waals surface area contributed by atoms with E-state index in [1.165, 1.54) is 23.1 Å². The largest absolute Gasteiger partial charge is 0.467 e. The van der Waals surface area contributed by atoms with E-state index in [9.17, 15) is 0 Å². The van der Waals surface area contributed by atoms with Crippen molar-refractivity contribution in [3.63, 3.8) is 0 Å². The standard InChI is InChI=1S/C15H19N7OS2/c1-9(2)11-17-12(22(3)4)19-14(18-11)25-15-21-20-13(24-15)16-8-10-6-5-7-23-10/h5-7,9H,8H2,1-4H3,(H,16,20). The van der Waals surface area contributed by atoms with Gasteiger partial charge in [-0.1, -0.05) is 25.2 Å². The monoisotopic (exact) mass is 377 g/mol. The van der Waals surface area contributed by atoms with E-state index in [0.29, 0.717) is 17.6 Å². The molecule has 0 saturated carbocycles. The number of nitrogens with zero attached hydrogens (tertiary/aromatic N) is 6. The summed E-state index contributed by atoms with van der Waals surface area (Å²) in [5.74, 6) is 2.48. The number of aromatic nitrogens is 5. The van der Waals surface area contributed by atoms with Crippen molar-refractivity contribution in [2.24, 2.45) is 0 Å². The van der Waals surface area contributed by atoms with Crippen LogP contribution in [-0.4, -0.2) is 39.2 Å². The summed E-state index contributed by atoms with van der Waals surface area (Å²) in [5, 5.41) is 12.9. The molecule has 0 saturated heterocycles. The van der Waals surface area contributed by atoms with Crippen LogP contribution in [0.25, 0.3) is 0 Å². The molecule has 0 amide bonds. The van der Waals surface area contributed by atoms with Crippen molar-refractivity contribution in [3.8, 4) is 0 Å². The van der Waals surface area contributed by atoms with E-state index in [0.717, 1.165) is 21.1 Å². The molecule has 0 fully saturated rings. The molecular weight excluding hydrogens is 358 g/mol. The van der Waals surface area contributed by atoms with Crippen LogP contribution in [0.3, 0.4) is 0 Å². The lowest BCUT2D eigenvalue weighted by Crippen LogP contribution is -2.15. The van der Waals surface area contributed by atoms with Gasteiger partial charge >= 0.3 is 0 Å². The molecule has 0 spiro atoms. The molecule has 8 nitrogen and oxygen atoms in total. The topological polar surface area (TPSA) is 92.9 Å². The van der Waals surface area contributed by atoms with Gasteiger partial charge in [-0.25, -0.2) is 4.98 Å². The van der Waals surface area contributed by atoms with Crippen LogP contribution in [0.1, 0.15) is 31.4 Å². The lowest BCUT2D eigenvalue weighted by molar-refractivity contribution is 0.518. The summed E-state index contributed by atoms with van der Waals surface area (Å²) in [6.45, 7) is 4.69. The summed E-state index contributed by atoms with van der Waals surface area (Å²) in [5.41, 5.74) is 0. The highest BCUT2D eigenvalue weighted by molar-refractivity contribution is 8.00. The van der Waals surface area contributed by atoms with Crippen LogP contribution in [0.5, 0.6) is 0 Å². The average molecular weight is 377 g/mol. The van der Waals surface area contributed by atoms with Crippen molar-refractivity contribution >= 4 is 34.2 Å². The second-order valence-corrected chi connectivity index (χ2v) is 7.93. The van der Waals surface area contributed by atoms with Gasteiger partial charge in [0.1, 0.15) is 11.6 Å². The van der Waals surface area contributed by atoms with E-state index in [2.05, 4.69) is 44.3 Å². The molecule has 0 aliphatic carbocycles. The fourth-order valence-corrected chi connectivity index (χ4v) is 3.45. The van der Waals surface area contributed by atoms with Crippen LogP contribution in [0.2, 0.25) is 0 Å². The highest BCUT2D eigenvalue weighted by Gasteiger charge is 2.14. The predicted octanol–water partition coefficient (Wildman–Crippen LogP) is 3.27. The molecule has 3 rings (SSSR count). The maximum Gasteiger partial charge on any atom is 0.229 e. The molecule has 0 aliphatic rings. The first-order chi connectivity index (χ1) is 12.0. The highest BCUT2D eigenvalue weighted by Crippen LogP contribution is 2.31. The molecule has 0 unspecified atom stereocenters. The van der Waals surface area contributed by atoms with Crippen molar-refractivity contribution in [2.75, 3.05) is 24.3 Å². The van der Waals surface area contributed by atoms with Crippen molar-refractivity contribution < 1.29 is 4.42 Å². The minimum Gasteiger partial charge on any atom is -0.467 e. The van der Waals surface area contributed by atoms with E-state index >= 15 is 0 Å². The van der Waals surface area contributed by atoms with Crippen LogP contribution in [0, 0.1) is 0 Å². The zero-order valence-corrected chi connectivity index (χ0v) is 16.1. The Labute approximate surface area is 154 Å². The molecule has 10 heteroatoms. The van der Waals surface area contributed by atoms with Crippen LogP contribution < -0.4 is 10.2 Å². The van der Waals surface area contributed by atoms with Gasteiger partial charge < -0.3 is 14.6 Å². The van der Waals surface area contributed by atoms with Crippen molar-refractivity contribution in [2.45, 2.75) is 35.8 Å². The van der Waals surface area contributed by atoms with Crippen LogP contribution >= 0.6 is 23.1 Å². The third-order valence-corrected chi connectivity index (χ3v) is 4.91. The van der Waals surface area contributed by atoms with Gasteiger partial charge in [-0.2, -0.15) is 9.97 Å². The smallest absolute Gasteiger partial charge is 0.229 e. The van der Waals surface area contributed by atoms with E-state index < -0.39 is 0 Å². The molecule has 0 aromatic carbocycles. The fourth-order valence-electron chi connectivity index (χ4n) is 1.84. The Balaban J connectivity index is 1.71. The van der Waals surface area contributed by atoms with E-state index in [1.54, 1.807) is 6.26 Å². The molecule has 132 valence electrons. The molecule has 3 aromatic heterocycles. The van der Waals surface area contributed by atoms with Gasteiger partial charge in [0.2, 0.25) is 11.1 Å². The van der Waals surface area contributed by atoms with Gasteiger partial charge in [0.15, 0.2) is 9.50 Å². The molecule has 0 radical (unpaired) electrons. The average Bonchev–Trinajstić information content (AvgIpc) is 3.24. The SMILES string of the molecule is CC(C)c1nc(Sc2nnc(NCc3ccco3)s2)nc(N(C)C)n1. The second-order valence-electron chi connectivity index (χ2n) is 5.73. The van der Waals surface area contributed by atoms with E-state index in [4.69, 9.17) is 4.42 Å². The summed E-state index contributed by atoms with van der Waals surface area (Å²) in [6, 6.07) is 3.76. The second kappa shape index (κ2) is 7.79. The highest BCUT2D eigenvalue weighted by atomic mass is 32.2. The van der Waals surface area contributed by atoms with Crippen LogP contribution in [-0.2, 0) is 6.54 Å².